The maximum atomic E-state index is 12.5. The van der Waals surface area contributed by atoms with Crippen molar-refractivity contribution < 1.29 is 9.59 Å². The average molecular weight is 350 g/mol. The predicted octanol–water partition coefficient (Wildman–Crippen LogP) is 3.80. The molecule has 0 radical (unpaired) electrons. The van der Waals surface area contributed by atoms with Crippen LogP contribution in [0.4, 0.5) is 5.69 Å². The molecule has 0 fully saturated rings. The second-order valence-electron chi connectivity index (χ2n) is 6.87. The van der Waals surface area contributed by atoms with Crippen LogP contribution in [0.25, 0.3) is 0 Å². The first-order valence-electron chi connectivity index (χ1n) is 9.35. The fourth-order valence-corrected chi connectivity index (χ4v) is 3.53. The molecule has 4 nitrogen and oxygen atoms in total. The van der Waals surface area contributed by atoms with Crippen molar-refractivity contribution in [1.29, 1.82) is 0 Å². The van der Waals surface area contributed by atoms with Crippen molar-refractivity contribution in [2.45, 2.75) is 45.1 Å². The molecular formula is C22H26N2O2. The van der Waals surface area contributed by atoms with Crippen molar-refractivity contribution in [3.8, 4) is 0 Å². The van der Waals surface area contributed by atoms with Crippen molar-refractivity contribution in [2.75, 3.05) is 11.9 Å². The van der Waals surface area contributed by atoms with E-state index in [0.29, 0.717) is 5.69 Å². The highest BCUT2D eigenvalue weighted by Gasteiger charge is 2.23. The van der Waals surface area contributed by atoms with Crippen LogP contribution >= 0.6 is 0 Å². The molecule has 136 valence electrons. The molecule has 2 amide bonds. The topological polar surface area (TPSA) is 49.4 Å². The first kappa shape index (κ1) is 18.2. The molecule has 2 aromatic carbocycles. The van der Waals surface area contributed by atoms with Gasteiger partial charge in [-0.3, -0.25) is 9.59 Å². The van der Waals surface area contributed by atoms with E-state index in [4.69, 9.17) is 0 Å². The number of rotatable bonds is 4. The molecule has 26 heavy (non-hydrogen) atoms. The molecule has 1 aliphatic rings. The normalized spacial score (nSPS) is 14.2. The summed E-state index contributed by atoms with van der Waals surface area (Å²) < 4.78 is 0. The van der Waals surface area contributed by atoms with Gasteiger partial charge in [-0.05, 0) is 60.9 Å². The first-order valence-corrected chi connectivity index (χ1v) is 9.35. The number of carbonyl (C=O) groups is 2. The number of para-hydroxylation sites is 1. The van der Waals surface area contributed by atoms with Crippen LogP contribution < -0.4 is 10.2 Å². The van der Waals surface area contributed by atoms with Crippen LogP contribution in [0, 0.1) is 0 Å². The minimum Gasteiger partial charge on any atom is -0.341 e. The lowest BCUT2D eigenvalue weighted by atomic mass is 9.89. The van der Waals surface area contributed by atoms with Crippen molar-refractivity contribution >= 4 is 17.5 Å². The van der Waals surface area contributed by atoms with Crippen LogP contribution in [0.1, 0.15) is 48.9 Å². The molecule has 0 heterocycles. The van der Waals surface area contributed by atoms with Crippen LogP contribution in [0.15, 0.2) is 48.5 Å². The van der Waals surface area contributed by atoms with Crippen LogP contribution in [0.3, 0.4) is 0 Å². The van der Waals surface area contributed by atoms with Crippen molar-refractivity contribution in [3.63, 3.8) is 0 Å². The molecule has 4 heteroatoms. The summed E-state index contributed by atoms with van der Waals surface area (Å²) in [6, 6.07) is 15.5. The molecule has 1 atom stereocenters. The Bertz CT molecular complexity index is 786. The van der Waals surface area contributed by atoms with E-state index in [1.165, 1.54) is 28.9 Å². The van der Waals surface area contributed by atoms with Gasteiger partial charge in [0.2, 0.25) is 0 Å². The first-order chi connectivity index (χ1) is 12.6. The molecule has 0 saturated carbocycles. The molecule has 1 aliphatic carbocycles. The van der Waals surface area contributed by atoms with Gasteiger partial charge in [0.05, 0.1) is 6.04 Å². The Hall–Kier alpha value is -2.62. The van der Waals surface area contributed by atoms with Gasteiger partial charge in [-0.15, -0.1) is 0 Å². The van der Waals surface area contributed by atoms with E-state index < -0.39 is 11.8 Å². The number of hydrogen-bond donors (Lipinski definition) is 1. The predicted molar refractivity (Wildman–Crippen MR) is 104 cm³/mol. The summed E-state index contributed by atoms with van der Waals surface area (Å²) in [5, 5.41) is 2.91. The number of fused-ring (bicyclic) bond motifs is 1. The molecule has 3 rings (SSSR count). The number of amides is 2. The SMILES string of the molecule is CCC(NC(=O)C(=O)N(C)c1ccccc1)c1ccc2c(c1)CCCC2. The summed E-state index contributed by atoms with van der Waals surface area (Å²) in [6.45, 7) is 2.02. The second kappa shape index (κ2) is 8.17. The van der Waals surface area contributed by atoms with E-state index >= 15 is 0 Å². The van der Waals surface area contributed by atoms with Gasteiger partial charge in [-0.25, -0.2) is 0 Å². The number of likely N-dealkylation sites (N-methyl/N-ethyl adjacent to an activating group) is 1. The van der Waals surface area contributed by atoms with Gasteiger partial charge in [0.1, 0.15) is 0 Å². The average Bonchev–Trinajstić information content (AvgIpc) is 2.71. The Morgan fingerprint density at radius 2 is 1.73 bits per heavy atom. The second-order valence-corrected chi connectivity index (χ2v) is 6.87. The van der Waals surface area contributed by atoms with Gasteiger partial charge in [0, 0.05) is 12.7 Å². The van der Waals surface area contributed by atoms with Gasteiger partial charge in [-0.1, -0.05) is 43.3 Å². The molecule has 2 aromatic rings. The smallest absolute Gasteiger partial charge is 0.316 e. The highest BCUT2D eigenvalue weighted by molar-refractivity contribution is 6.40. The number of nitrogens with one attached hydrogen (secondary N) is 1. The zero-order valence-corrected chi connectivity index (χ0v) is 15.5. The van der Waals surface area contributed by atoms with Crippen LogP contribution in [-0.4, -0.2) is 18.9 Å². The molecule has 0 spiro atoms. The Morgan fingerprint density at radius 3 is 2.42 bits per heavy atom. The van der Waals surface area contributed by atoms with E-state index in [1.54, 1.807) is 7.05 Å². The van der Waals surface area contributed by atoms with Crippen LogP contribution in [0.5, 0.6) is 0 Å². The van der Waals surface area contributed by atoms with Gasteiger partial charge in [0.15, 0.2) is 0 Å². The maximum absolute atomic E-state index is 12.5. The largest absolute Gasteiger partial charge is 0.341 e. The summed E-state index contributed by atoms with van der Waals surface area (Å²) >= 11 is 0. The monoisotopic (exact) mass is 350 g/mol. The summed E-state index contributed by atoms with van der Waals surface area (Å²) in [5.41, 5.74) is 4.58. The lowest BCUT2D eigenvalue weighted by molar-refractivity contribution is -0.137. The van der Waals surface area contributed by atoms with Gasteiger partial charge < -0.3 is 10.2 Å². The fraction of sp³-hybridized carbons (Fsp3) is 0.364. The quantitative estimate of drug-likeness (QED) is 0.853. The number of nitrogens with zero attached hydrogens (tertiary/aromatic N) is 1. The number of aryl methyl sites for hydroxylation is 2. The summed E-state index contributed by atoms with van der Waals surface area (Å²) in [5.74, 6) is -1.12. The Labute approximate surface area is 155 Å². The minimum absolute atomic E-state index is 0.150. The molecular weight excluding hydrogens is 324 g/mol. The van der Waals surface area contributed by atoms with E-state index in [0.717, 1.165) is 24.8 Å². The summed E-state index contributed by atoms with van der Waals surface area (Å²) in [7, 11) is 1.62. The molecule has 1 N–H and O–H groups in total. The van der Waals surface area contributed by atoms with Crippen LogP contribution in [0.2, 0.25) is 0 Å². The lowest BCUT2D eigenvalue weighted by Crippen LogP contribution is -2.42. The van der Waals surface area contributed by atoms with Gasteiger partial charge in [-0.2, -0.15) is 0 Å². The Balaban J connectivity index is 1.71. The molecule has 0 aromatic heterocycles. The van der Waals surface area contributed by atoms with Crippen molar-refractivity contribution in [2.24, 2.45) is 0 Å². The highest BCUT2D eigenvalue weighted by atomic mass is 16.2. The molecule has 0 saturated heterocycles. The standard InChI is InChI=1S/C22H26N2O2/c1-3-20(18-14-13-16-9-7-8-10-17(16)15-18)23-21(25)22(26)24(2)19-11-5-4-6-12-19/h4-6,11-15,20H,3,7-10H2,1-2H3,(H,23,25). The van der Waals surface area contributed by atoms with Gasteiger partial charge in [0.25, 0.3) is 0 Å². The Kier molecular flexibility index (Phi) is 5.71. The zero-order valence-electron chi connectivity index (χ0n) is 15.5. The minimum atomic E-state index is -0.569. The van der Waals surface area contributed by atoms with Crippen LogP contribution in [-0.2, 0) is 22.4 Å². The summed E-state index contributed by atoms with van der Waals surface area (Å²) in [6.07, 6.45) is 5.45. The highest BCUT2D eigenvalue weighted by Crippen LogP contribution is 2.26. The molecule has 0 aliphatic heterocycles. The third kappa shape index (κ3) is 3.96. The summed E-state index contributed by atoms with van der Waals surface area (Å²) in [4.78, 5) is 26.3. The Morgan fingerprint density at radius 1 is 1.04 bits per heavy atom. The zero-order chi connectivity index (χ0) is 18.5. The lowest BCUT2D eigenvalue weighted by Gasteiger charge is -2.23. The van der Waals surface area contributed by atoms with Crippen molar-refractivity contribution in [1.82, 2.24) is 5.32 Å². The third-order valence-corrected chi connectivity index (χ3v) is 5.13. The van der Waals surface area contributed by atoms with Gasteiger partial charge >= 0.3 is 11.8 Å². The van der Waals surface area contributed by atoms with E-state index in [-0.39, 0.29) is 6.04 Å². The van der Waals surface area contributed by atoms with E-state index in [9.17, 15) is 9.59 Å². The van der Waals surface area contributed by atoms with E-state index in [2.05, 4.69) is 23.5 Å². The van der Waals surface area contributed by atoms with Crippen molar-refractivity contribution in [3.05, 3.63) is 65.2 Å². The number of hydrogen-bond acceptors (Lipinski definition) is 2. The molecule has 0 bridgehead atoms. The molecule has 1 unspecified atom stereocenters. The third-order valence-electron chi connectivity index (χ3n) is 5.13. The number of anilines is 1. The number of benzene rings is 2. The van der Waals surface area contributed by atoms with E-state index in [1.807, 2.05) is 37.3 Å². The number of carbonyl (C=O) groups excluding carboxylic acids is 2. The maximum Gasteiger partial charge on any atom is 0.316 e. The fourth-order valence-electron chi connectivity index (χ4n) is 3.53.